The van der Waals surface area contributed by atoms with E-state index in [9.17, 15) is 13.2 Å². The van der Waals surface area contributed by atoms with Crippen LogP contribution in [0.15, 0.2) is 29.2 Å². The minimum atomic E-state index is -3.49. The molecule has 1 amide bonds. The lowest BCUT2D eigenvalue weighted by Gasteiger charge is -2.32. The van der Waals surface area contributed by atoms with E-state index < -0.39 is 10.0 Å². The molecule has 0 spiro atoms. The predicted molar refractivity (Wildman–Crippen MR) is 109 cm³/mol. The number of sulfonamides is 1. The molecule has 0 aliphatic carbocycles. The molecule has 2 aliphatic rings. The molecule has 2 unspecified atom stereocenters. The third-order valence-corrected chi connectivity index (χ3v) is 7.44. The van der Waals surface area contributed by atoms with Gasteiger partial charge in [0.1, 0.15) is 0 Å². The highest BCUT2D eigenvalue weighted by Crippen LogP contribution is 2.25. The Kier molecular flexibility index (Phi) is 8.09. The Morgan fingerprint density at radius 3 is 2.56 bits per heavy atom. The number of benzene rings is 1. The van der Waals surface area contributed by atoms with Crippen LogP contribution in [-0.4, -0.2) is 50.9 Å². The Bertz CT molecular complexity index is 718. The second-order valence-corrected chi connectivity index (χ2v) is 9.30. The monoisotopic (exact) mass is 415 g/mol. The van der Waals surface area contributed by atoms with E-state index in [1.54, 1.807) is 28.6 Å². The summed E-state index contributed by atoms with van der Waals surface area (Å²) in [6, 6.07) is 6.34. The molecule has 2 saturated heterocycles. The molecule has 0 aromatic heterocycles. The van der Waals surface area contributed by atoms with Crippen LogP contribution >= 0.6 is 12.4 Å². The minimum absolute atomic E-state index is 0. The number of carbonyl (C=O) groups excluding carboxylic acids is 1. The number of rotatable bonds is 5. The van der Waals surface area contributed by atoms with Crippen molar-refractivity contribution in [3.05, 3.63) is 29.8 Å². The molecule has 2 aliphatic heterocycles. The first-order valence-electron chi connectivity index (χ1n) is 9.59. The summed E-state index contributed by atoms with van der Waals surface area (Å²) in [5.41, 5.74) is 0.499. The SMILES string of the molecule is CC1CCCCN1S(=O)(=O)c1ccc(C(=O)NCC2CCCNC2)cc1.Cl. The zero-order valence-electron chi connectivity index (χ0n) is 15.8. The maximum Gasteiger partial charge on any atom is 0.251 e. The van der Waals surface area contributed by atoms with Crippen molar-refractivity contribution >= 4 is 28.3 Å². The number of carbonyl (C=O) groups is 1. The molecule has 2 heterocycles. The van der Waals surface area contributed by atoms with E-state index >= 15 is 0 Å². The summed E-state index contributed by atoms with van der Waals surface area (Å²) >= 11 is 0. The highest BCUT2D eigenvalue weighted by Gasteiger charge is 2.30. The zero-order valence-corrected chi connectivity index (χ0v) is 17.4. The predicted octanol–water partition coefficient (Wildman–Crippen LogP) is 2.40. The third kappa shape index (κ3) is 5.44. The number of halogens is 1. The van der Waals surface area contributed by atoms with Crippen LogP contribution in [-0.2, 0) is 10.0 Å². The van der Waals surface area contributed by atoms with Gasteiger partial charge < -0.3 is 10.6 Å². The highest BCUT2D eigenvalue weighted by molar-refractivity contribution is 7.89. The molecule has 3 rings (SSSR count). The van der Waals surface area contributed by atoms with E-state index in [0.29, 0.717) is 24.6 Å². The third-order valence-electron chi connectivity index (χ3n) is 5.42. The Morgan fingerprint density at radius 1 is 1.19 bits per heavy atom. The van der Waals surface area contributed by atoms with Gasteiger partial charge in [0.05, 0.1) is 4.90 Å². The van der Waals surface area contributed by atoms with Gasteiger partial charge >= 0.3 is 0 Å². The number of nitrogens with one attached hydrogen (secondary N) is 2. The first-order chi connectivity index (χ1) is 12.5. The van der Waals surface area contributed by atoms with E-state index in [-0.39, 0.29) is 29.3 Å². The summed E-state index contributed by atoms with van der Waals surface area (Å²) < 4.78 is 27.2. The van der Waals surface area contributed by atoms with Gasteiger partial charge in [0.2, 0.25) is 10.0 Å². The van der Waals surface area contributed by atoms with Crippen molar-refractivity contribution < 1.29 is 13.2 Å². The van der Waals surface area contributed by atoms with Crippen LogP contribution in [0.1, 0.15) is 49.4 Å². The minimum Gasteiger partial charge on any atom is -0.352 e. The summed E-state index contributed by atoms with van der Waals surface area (Å²) in [6.45, 7) is 5.17. The molecule has 2 fully saturated rings. The summed E-state index contributed by atoms with van der Waals surface area (Å²) in [4.78, 5) is 12.6. The average Bonchev–Trinajstić information content (AvgIpc) is 2.67. The lowest BCUT2D eigenvalue weighted by molar-refractivity contribution is 0.0944. The lowest BCUT2D eigenvalue weighted by atomic mass is 10.00. The van der Waals surface area contributed by atoms with Gasteiger partial charge in [-0.05, 0) is 75.9 Å². The van der Waals surface area contributed by atoms with Gasteiger partial charge in [-0.2, -0.15) is 4.31 Å². The number of hydrogen-bond acceptors (Lipinski definition) is 4. The molecule has 8 heteroatoms. The summed E-state index contributed by atoms with van der Waals surface area (Å²) in [5, 5.41) is 6.29. The van der Waals surface area contributed by atoms with Crippen molar-refractivity contribution in [3.8, 4) is 0 Å². The summed E-state index contributed by atoms with van der Waals surface area (Å²) in [7, 11) is -3.49. The van der Waals surface area contributed by atoms with E-state index in [2.05, 4.69) is 10.6 Å². The normalized spacial score (nSPS) is 24.0. The molecule has 2 atom stereocenters. The molecule has 152 valence electrons. The molecular weight excluding hydrogens is 386 g/mol. The molecule has 6 nitrogen and oxygen atoms in total. The standard InChI is InChI=1S/C19H29N3O3S.ClH/c1-15-5-2-3-12-22(15)26(24,25)18-9-7-17(8-10-18)19(23)21-14-16-6-4-11-20-13-16;/h7-10,15-16,20H,2-6,11-14H2,1H3,(H,21,23);1H. The van der Waals surface area contributed by atoms with E-state index in [0.717, 1.165) is 45.2 Å². The first kappa shape index (κ1) is 22.1. The van der Waals surface area contributed by atoms with Crippen molar-refractivity contribution in [1.29, 1.82) is 0 Å². The summed E-state index contributed by atoms with van der Waals surface area (Å²) in [5.74, 6) is 0.318. The number of nitrogens with zero attached hydrogens (tertiary/aromatic N) is 1. The second-order valence-electron chi connectivity index (χ2n) is 7.41. The Labute approximate surface area is 168 Å². The van der Waals surface area contributed by atoms with Crippen LogP contribution in [0.25, 0.3) is 0 Å². The van der Waals surface area contributed by atoms with Gasteiger partial charge in [0.25, 0.3) is 5.91 Å². The Morgan fingerprint density at radius 2 is 1.93 bits per heavy atom. The molecule has 27 heavy (non-hydrogen) atoms. The van der Waals surface area contributed by atoms with Crippen molar-refractivity contribution in [2.75, 3.05) is 26.2 Å². The van der Waals surface area contributed by atoms with E-state index in [1.165, 1.54) is 0 Å². The fourth-order valence-electron chi connectivity index (χ4n) is 3.78. The van der Waals surface area contributed by atoms with Crippen LogP contribution in [0.4, 0.5) is 0 Å². The van der Waals surface area contributed by atoms with Gasteiger partial charge in [-0.25, -0.2) is 8.42 Å². The molecule has 0 radical (unpaired) electrons. The lowest BCUT2D eigenvalue weighted by Crippen LogP contribution is -2.41. The van der Waals surface area contributed by atoms with Crippen LogP contribution in [0.2, 0.25) is 0 Å². The Hall–Kier alpha value is -1.15. The zero-order chi connectivity index (χ0) is 18.6. The number of hydrogen-bond donors (Lipinski definition) is 2. The Balaban J connectivity index is 0.00000261. The van der Waals surface area contributed by atoms with Crippen molar-refractivity contribution in [2.24, 2.45) is 5.92 Å². The first-order valence-corrected chi connectivity index (χ1v) is 11.0. The van der Waals surface area contributed by atoms with Crippen molar-refractivity contribution in [1.82, 2.24) is 14.9 Å². The molecule has 2 N–H and O–H groups in total. The van der Waals surface area contributed by atoms with Crippen molar-refractivity contribution in [3.63, 3.8) is 0 Å². The van der Waals surface area contributed by atoms with Crippen LogP contribution in [0.3, 0.4) is 0 Å². The van der Waals surface area contributed by atoms with Crippen LogP contribution in [0.5, 0.6) is 0 Å². The largest absolute Gasteiger partial charge is 0.352 e. The maximum absolute atomic E-state index is 12.8. The molecule has 0 saturated carbocycles. The van der Waals surface area contributed by atoms with Gasteiger partial charge in [-0.15, -0.1) is 12.4 Å². The van der Waals surface area contributed by atoms with Gasteiger partial charge in [-0.1, -0.05) is 6.42 Å². The van der Waals surface area contributed by atoms with Gasteiger partial charge in [0, 0.05) is 24.7 Å². The topological polar surface area (TPSA) is 78.5 Å². The molecule has 1 aromatic carbocycles. The summed E-state index contributed by atoms with van der Waals surface area (Å²) in [6.07, 6.45) is 5.14. The average molecular weight is 416 g/mol. The quantitative estimate of drug-likeness (QED) is 0.774. The molecule has 1 aromatic rings. The number of amides is 1. The fraction of sp³-hybridized carbons (Fsp3) is 0.632. The van der Waals surface area contributed by atoms with Crippen molar-refractivity contribution in [2.45, 2.75) is 50.0 Å². The van der Waals surface area contributed by atoms with E-state index in [1.807, 2.05) is 6.92 Å². The van der Waals surface area contributed by atoms with E-state index in [4.69, 9.17) is 0 Å². The van der Waals surface area contributed by atoms with Gasteiger partial charge in [-0.3, -0.25) is 4.79 Å². The molecule has 0 bridgehead atoms. The molecular formula is C19H30ClN3O3S. The second kappa shape index (κ2) is 9.87. The van der Waals surface area contributed by atoms with Gasteiger partial charge in [0.15, 0.2) is 0 Å². The van der Waals surface area contributed by atoms with Crippen LogP contribution < -0.4 is 10.6 Å². The fourth-order valence-corrected chi connectivity index (χ4v) is 5.48. The smallest absolute Gasteiger partial charge is 0.251 e. The number of piperidine rings is 2. The highest BCUT2D eigenvalue weighted by atomic mass is 35.5. The van der Waals surface area contributed by atoms with Crippen LogP contribution in [0, 0.1) is 5.92 Å². The maximum atomic E-state index is 12.8.